The second-order valence-corrected chi connectivity index (χ2v) is 6.15. The van der Waals surface area contributed by atoms with E-state index in [2.05, 4.69) is 0 Å². The molecule has 0 bridgehead atoms. The highest BCUT2D eigenvalue weighted by molar-refractivity contribution is 5.66. The van der Waals surface area contributed by atoms with E-state index in [0.717, 1.165) is 51.4 Å². The van der Waals surface area contributed by atoms with Crippen molar-refractivity contribution in [3.63, 3.8) is 0 Å². The summed E-state index contributed by atoms with van der Waals surface area (Å²) in [7, 11) is 0. The summed E-state index contributed by atoms with van der Waals surface area (Å²) in [4.78, 5) is 21.7. The van der Waals surface area contributed by atoms with Crippen LogP contribution in [-0.2, 0) is 19.1 Å². The zero-order chi connectivity index (χ0) is 15.8. The van der Waals surface area contributed by atoms with Crippen molar-refractivity contribution >= 4 is 12.3 Å². The molecule has 2 aliphatic rings. The van der Waals surface area contributed by atoms with Crippen molar-refractivity contribution in [3.05, 3.63) is 12.2 Å². The molecule has 0 aromatic rings. The van der Waals surface area contributed by atoms with Gasteiger partial charge in [0.1, 0.15) is 6.29 Å². The molecule has 1 heterocycles. The molecule has 2 fully saturated rings. The summed E-state index contributed by atoms with van der Waals surface area (Å²) in [6.45, 7) is 0.758. The maximum Gasteiger partial charge on any atom is 0.303 e. The lowest BCUT2D eigenvalue weighted by Crippen LogP contribution is -2.31. The van der Waals surface area contributed by atoms with Crippen LogP contribution in [0.25, 0.3) is 0 Å². The monoisotopic (exact) mass is 310 g/mol. The predicted octanol–water partition coefficient (Wildman–Crippen LogP) is 2.93. The van der Waals surface area contributed by atoms with E-state index >= 15 is 0 Å². The number of carboxylic acid groups (broad SMARTS) is 1. The lowest BCUT2D eigenvalue weighted by atomic mass is 9.92. The Balaban J connectivity index is 1.82. The summed E-state index contributed by atoms with van der Waals surface area (Å²) in [5.74, 6) is -0.561. The lowest BCUT2D eigenvalue weighted by Gasteiger charge is -2.29. The topological polar surface area (TPSA) is 72.8 Å². The first-order chi connectivity index (χ1) is 10.7. The van der Waals surface area contributed by atoms with Crippen LogP contribution in [0.3, 0.4) is 0 Å². The smallest absolute Gasteiger partial charge is 0.303 e. The Morgan fingerprint density at radius 3 is 2.77 bits per heavy atom. The molecule has 1 aliphatic carbocycles. The highest BCUT2D eigenvalue weighted by Gasteiger charge is 2.37. The number of aliphatic carboxylic acids is 1. The maximum absolute atomic E-state index is 11.2. The zero-order valence-electron chi connectivity index (χ0n) is 13.0. The van der Waals surface area contributed by atoms with Crippen LogP contribution in [0.4, 0.5) is 0 Å². The first kappa shape index (κ1) is 17.2. The fraction of sp³-hybridized carbons (Fsp3) is 0.765. The summed E-state index contributed by atoms with van der Waals surface area (Å²) in [6, 6.07) is 0. The van der Waals surface area contributed by atoms with E-state index in [0.29, 0.717) is 6.42 Å². The van der Waals surface area contributed by atoms with Crippen LogP contribution in [0.1, 0.15) is 51.4 Å². The van der Waals surface area contributed by atoms with Crippen molar-refractivity contribution in [2.75, 3.05) is 6.61 Å². The lowest BCUT2D eigenvalue weighted by molar-refractivity contribution is -0.195. The molecule has 0 spiro atoms. The number of aldehydes is 1. The zero-order valence-corrected chi connectivity index (χ0v) is 13.0. The number of carbonyl (C=O) groups excluding carboxylic acids is 1. The van der Waals surface area contributed by atoms with Crippen molar-refractivity contribution in [1.29, 1.82) is 0 Å². The molecule has 1 saturated heterocycles. The number of allylic oxidation sites excluding steroid dienone is 2. The molecular weight excluding hydrogens is 284 g/mol. The van der Waals surface area contributed by atoms with Gasteiger partial charge in [0.25, 0.3) is 0 Å². The SMILES string of the molecule is O=CC1CCC(OC2CCCCO2)C1CC=CCCC(=O)O. The van der Waals surface area contributed by atoms with Gasteiger partial charge in [0.2, 0.25) is 0 Å². The van der Waals surface area contributed by atoms with Crippen LogP contribution >= 0.6 is 0 Å². The molecule has 1 saturated carbocycles. The van der Waals surface area contributed by atoms with Gasteiger partial charge in [-0.05, 0) is 50.9 Å². The third kappa shape index (κ3) is 5.21. The van der Waals surface area contributed by atoms with E-state index in [4.69, 9.17) is 14.6 Å². The third-order valence-corrected chi connectivity index (χ3v) is 4.55. The number of carbonyl (C=O) groups is 2. The molecule has 0 aromatic heterocycles. The Kier molecular flexibility index (Phi) is 7.06. The maximum atomic E-state index is 11.2. The van der Waals surface area contributed by atoms with Crippen LogP contribution < -0.4 is 0 Å². The van der Waals surface area contributed by atoms with Gasteiger partial charge in [-0.15, -0.1) is 0 Å². The Morgan fingerprint density at radius 1 is 1.23 bits per heavy atom. The first-order valence-electron chi connectivity index (χ1n) is 8.30. The second-order valence-electron chi connectivity index (χ2n) is 6.15. The minimum absolute atomic E-state index is 0.0396. The van der Waals surface area contributed by atoms with Crippen LogP contribution in [0.5, 0.6) is 0 Å². The summed E-state index contributed by atoms with van der Waals surface area (Å²) < 4.78 is 11.7. The van der Waals surface area contributed by atoms with Crippen LogP contribution in [0.2, 0.25) is 0 Å². The fourth-order valence-corrected chi connectivity index (χ4v) is 3.32. The first-order valence-corrected chi connectivity index (χ1v) is 8.30. The second kappa shape index (κ2) is 9.06. The van der Waals surface area contributed by atoms with Crippen LogP contribution in [0.15, 0.2) is 12.2 Å². The molecule has 2 rings (SSSR count). The van der Waals surface area contributed by atoms with E-state index in [1.54, 1.807) is 0 Å². The fourth-order valence-electron chi connectivity index (χ4n) is 3.32. The van der Waals surface area contributed by atoms with Gasteiger partial charge in [0.05, 0.1) is 6.10 Å². The van der Waals surface area contributed by atoms with Crippen molar-refractivity contribution < 1.29 is 24.2 Å². The molecule has 5 nitrogen and oxygen atoms in total. The van der Waals surface area contributed by atoms with E-state index < -0.39 is 5.97 Å². The average Bonchev–Trinajstić information content (AvgIpc) is 2.90. The van der Waals surface area contributed by atoms with Crippen LogP contribution in [0, 0.1) is 11.8 Å². The molecule has 124 valence electrons. The largest absolute Gasteiger partial charge is 0.481 e. The molecule has 1 N–H and O–H groups in total. The Labute approximate surface area is 131 Å². The highest BCUT2D eigenvalue weighted by Crippen LogP contribution is 2.37. The van der Waals surface area contributed by atoms with Crippen molar-refractivity contribution in [2.45, 2.75) is 63.8 Å². The van der Waals surface area contributed by atoms with Gasteiger partial charge in [-0.1, -0.05) is 12.2 Å². The highest BCUT2D eigenvalue weighted by atomic mass is 16.7. The average molecular weight is 310 g/mol. The van der Waals surface area contributed by atoms with E-state index in [-0.39, 0.29) is 30.7 Å². The normalized spacial score (nSPS) is 32.4. The minimum atomic E-state index is -0.785. The molecule has 4 atom stereocenters. The molecular formula is C17H26O5. The summed E-state index contributed by atoms with van der Waals surface area (Å²) in [5, 5.41) is 8.61. The van der Waals surface area contributed by atoms with Gasteiger partial charge < -0.3 is 19.4 Å². The van der Waals surface area contributed by atoms with Gasteiger partial charge in [-0.2, -0.15) is 0 Å². The van der Waals surface area contributed by atoms with Crippen molar-refractivity contribution in [1.82, 2.24) is 0 Å². The number of carboxylic acids is 1. The summed E-state index contributed by atoms with van der Waals surface area (Å²) in [5.41, 5.74) is 0. The van der Waals surface area contributed by atoms with Gasteiger partial charge in [-0.25, -0.2) is 0 Å². The predicted molar refractivity (Wildman–Crippen MR) is 81.4 cm³/mol. The summed E-state index contributed by atoms with van der Waals surface area (Å²) in [6.07, 6.45) is 11.3. The molecule has 0 aromatic carbocycles. The van der Waals surface area contributed by atoms with Gasteiger partial charge in [-0.3, -0.25) is 4.79 Å². The molecule has 0 amide bonds. The molecule has 1 aliphatic heterocycles. The molecule has 22 heavy (non-hydrogen) atoms. The number of rotatable bonds is 8. The third-order valence-electron chi connectivity index (χ3n) is 4.55. The standard InChI is InChI=1S/C17H26O5/c18-12-13-9-10-15(22-17-8-4-5-11-21-17)14(13)6-2-1-3-7-16(19)20/h1-2,12-15,17H,3-11H2,(H,19,20). The Morgan fingerprint density at radius 2 is 2.09 bits per heavy atom. The van der Waals surface area contributed by atoms with Crippen molar-refractivity contribution in [2.24, 2.45) is 11.8 Å². The summed E-state index contributed by atoms with van der Waals surface area (Å²) >= 11 is 0. The number of hydrogen-bond acceptors (Lipinski definition) is 4. The van der Waals surface area contributed by atoms with Gasteiger partial charge >= 0.3 is 5.97 Å². The van der Waals surface area contributed by atoms with E-state index in [1.165, 1.54) is 0 Å². The number of ether oxygens (including phenoxy) is 2. The van der Waals surface area contributed by atoms with Crippen LogP contribution in [-0.4, -0.2) is 36.4 Å². The molecule has 4 unspecified atom stereocenters. The van der Waals surface area contributed by atoms with Gasteiger partial charge in [0, 0.05) is 18.9 Å². The van der Waals surface area contributed by atoms with Crippen molar-refractivity contribution in [3.8, 4) is 0 Å². The Bertz CT molecular complexity index is 387. The quantitative estimate of drug-likeness (QED) is 0.551. The number of hydrogen-bond donors (Lipinski definition) is 1. The molecule has 5 heteroatoms. The molecule has 0 radical (unpaired) electrons. The minimum Gasteiger partial charge on any atom is -0.481 e. The van der Waals surface area contributed by atoms with E-state index in [1.807, 2.05) is 12.2 Å². The van der Waals surface area contributed by atoms with E-state index in [9.17, 15) is 9.59 Å². The van der Waals surface area contributed by atoms with Gasteiger partial charge in [0.15, 0.2) is 6.29 Å². The Hall–Kier alpha value is -1.20.